The molecule has 3 nitrogen and oxygen atoms in total. The van der Waals surface area contributed by atoms with Crippen LogP contribution in [0.1, 0.15) is 36.8 Å². The molecule has 0 aromatic heterocycles. The zero-order chi connectivity index (χ0) is 13.5. The standard InChI is InChI=1S/C15H19ClN2O/c16-15-9-12(10-17)4-5-13(15)11-19-8-6-14-3-1-2-7-18-14/h4-5,9,14,18H,1-3,6-8,11H2. The van der Waals surface area contributed by atoms with Crippen molar-refractivity contribution in [2.24, 2.45) is 0 Å². The zero-order valence-corrected chi connectivity index (χ0v) is 11.7. The summed E-state index contributed by atoms with van der Waals surface area (Å²) < 4.78 is 5.67. The molecule has 0 amide bonds. The third-order valence-corrected chi connectivity index (χ3v) is 3.81. The molecule has 1 aromatic rings. The topological polar surface area (TPSA) is 45.0 Å². The average Bonchev–Trinajstić information content (AvgIpc) is 2.46. The van der Waals surface area contributed by atoms with Gasteiger partial charge in [0, 0.05) is 17.7 Å². The number of nitriles is 1. The number of nitrogens with zero attached hydrogens (tertiary/aromatic N) is 1. The lowest BCUT2D eigenvalue weighted by Gasteiger charge is -2.23. The first kappa shape index (κ1) is 14.3. The molecule has 0 spiro atoms. The fraction of sp³-hybridized carbons (Fsp3) is 0.533. The van der Waals surface area contributed by atoms with Gasteiger partial charge in [-0.1, -0.05) is 24.1 Å². The van der Waals surface area contributed by atoms with Gasteiger partial charge in [-0.05, 0) is 43.5 Å². The highest BCUT2D eigenvalue weighted by molar-refractivity contribution is 6.31. The van der Waals surface area contributed by atoms with Gasteiger partial charge in [-0.25, -0.2) is 0 Å². The molecule has 1 heterocycles. The number of ether oxygens (including phenoxy) is 1. The van der Waals surface area contributed by atoms with Crippen molar-refractivity contribution >= 4 is 11.6 Å². The molecular formula is C15H19ClN2O. The van der Waals surface area contributed by atoms with E-state index in [1.54, 1.807) is 12.1 Å². The number of hydrogen-bond acceptors (Lipinski definition) is 3. The molecule has 1 atom stereocenters. The van der Waals surface area contributed by atoms with Crippen molar-refractivity contribution in [1.29, 1.82) is 5.26 Å². The number of benzene rings is 1. The van der Waals surface area contributed by atoms with Crippen molar-refractivity contribution in [2.75, 3.05) is 13.2 Å². The molecule has 0 radical (unpaired) electrons. The maximum Gasteiger partial charge on any atom is 0.0992 e. The van der Waals surface area contributed by atoms with Crippen LogP contribution in [0.3, 0.4) is 0 Å². The second-order valence-corrected chi connectivity index (χ2v) is 5.31. The molecular weight excluding hydrogens is 260 g/mol. The van der Waals surface area contributed by atoms with Crippen LogP contribution in [0.15, 0.2) is 18.2 Å². The van der Waals surface area contributed by atoms with Gasteiger partial charge in [-0.2, -0.15) is 5.26 Å². The third kappa shape index (κ3) is 4.50. The second kappa shape index (κ2) is 7.49. The highest BCUT2D eigenvalue weighted by Gasteiger charge is 2.11. The Labute approximate surface area is 119 Å². The summed E-state index contributed by atoms with van der Waals surface area (Å²) in [5.41, 5.74) is 1.53. The smallest absolute Gasteiger partial charge is 0.0992 e. The Bertz CT molecular complexity index is 450. The summed E-state index contributed by atoms with van der Waals surface area (Å²) in [6.45, 7) is 2.39. The van der Waals surface area contributed by atoms with Crippen molar-refractivity contribution in [2.45, 2.75) is 38.3 Å². The van der Waals surface area contributed by atoms with Crippen LogP contribution in [0.5, 0.6) is 0 Å². The van der Waals surface area contributed by atoms with Crippen molar-refractivity contribution in [3.63, 3.8) is 0 Å². The van der Waals surface area contributed by atoms with Crippen LogP contribution in [0, 0.1) is 11.3 Å². The van der Waals surface area contributed by atoms with Gasteiger partial charge in [0.05, 0.1) is 18.2 Å². The maximum absolute atomic E-state index is 8.76. The summed E-state index contributed by atoms with van der Waals surface area (Å²) in [5.74, 6) is 0. The molecule has 1 saturated heterocycles. The lowest BCUT2D eigenvalue weighted by Crippen LogP contribution is -2.34. The van der Waals surface area contributed by atoms with Gasteiger partial charge in [0.2, 0.25) is 0 Å². The fourth-order valence-electron chi connectivity index (χ4n) is 2.31. The normalized spacial score (nSPS) is 19.1. The van der Waals surface area contributed by atoms with Crippen LogP contribution in [0.4, 0.5) is 0 Å². The first-order chi connectivity index (χ1) is 9.29. The van der Waals surface area contributed by atoms with E-state index in [-0.39, 0.29) is 0 Å². The second-order valence-electron chi connectivity index (χ2n) is 4.91. The zero-order valence-electron chi connectivity index (χ0n) is 11.0. The van der Waals surface area contributed by atoms with Crippen molar-refractivity contribution in [3.8, 4) is 6.07 Å². The van der Waals surface area contributed by atoms with Crippen molar-refractivity contribution < 1.29 is 4.74 Å². The molecule has 1 N–H and O–H groups in total. The molecule has 0 bridgehead atoms. The molecule has 1 unspecified atom stereocenters. The van der Waals surface area contributed by atoms with Crippen LogP contribution < -0.4 is 5.32 Å². The summed E-state index contributed by atoms with van der Waals surface area (Å²) >= 11 is 6.09. The van der Waals surface area contributed by atoms with E-state index in [0.717, 1.165) is 25.1 Å². The predicted octanol–water partition coefficient (Wildman–Crippen LogP) is 3.26. The maximum atomic E-state index is 8.76. The molecule has 0 aliphatic carbocycles. The lowest BCUT2D eigenvalue weighted by atomic mass is 10.0. The SMILES string of the molecule is N#Cc1ccc(COCCC2CCCCN2)c(Cl)c1. The quantitative estimate of drug-likeness (QED) is 0.841. The Morgan fingerprint density at radius 3 is 3.00 bits per heavy atom. The number of rotatable bonds is 5. The molecule has 19 heavy (non-hydrogen) atoms. The molecule has 2 rings (SSSR count). The number of halogens is 1. The molecule has 4 heteroatoms. The highest BCUT2D eigenvalue weighted by atomic mass is 35.5. The fourth-order valence-corrected chi connectivity index (χ4v) is 2.55. The lowest BCUT2D eigenvalue weighted by molar-refractivity contribution is 0.108. The monoisotopic (exact) mass is 278 g/mol. The Morgan fingerprint density at radius 1 is 1.42 bits per heavy atom. The number of hydrogen-bond donors (Lipinski definition) is 1. The van der Waals surface area contributed by atoms with Crippen molar-refractivity contribution in [3.05, 3.63) is 34.3 Å². The summed E-state index contributed by atoms with van der Waals surface area (Å²) in [6, 6.07) is 7.99. The van der Waals surface area contributed by atoms with Gasteiger partial charge in [0.15, 0.2) is 0 Å². The van der Waals surface area contributed by atoms with Gasteiger partial charge in [0.25, 0.3) is 0 Å². The summed E-state index contributed by atoms with van der Waals surface area (Å²) in [5, 5.41) is 12.9. The average molecular weight is 279 g/mol. The molecule has 1 aromatic carbocycles. The van der Waals surface area contributed by atoms with Gasteiger partial charge in [0.1, 0.15) is 0 Å². The Kier molecular flexibility index (Phi) is 5.65. The van der Waals surface area contributed by atoms with Crippen LogP contribution in [0.2, 0.25) is 5.02 Å². The van der Waals surface area contributed by atoms with E-state index in [1.165, 1.54) is 19.3 Å². The summed E-state index contributed by atoms with van der Waals surface area (Å²) in [4.78, 5) is 0. The number of nitrogens with one attached hydrogen (secondary N) is 1. The summed E-state index contributed by atoms with van der Waals surface area (Å²) in [6.07, 6.45) is 4.91. The van der Waals surface area contributed by atoms with Crippen LogP contribution in [-0.2, 0) is 11.3 Å². The minimum absolute atomic E-state index is 0.511. The molecule has 102 valence electrons. The van der Waals surface area contributed by atoms with E-state index >= 15 is 0 Å². The highest BCUT2D eigenvalue weighted by Crippen LogP contribution is 2.18. The van der Waals surface area contributed by atoms with E-state index in [9.17, 15) is 0 Å². The van der Waals surface area contributed by atoms with E-state index in [1.807, 2.05) is 6.07 Å². The Morgan fingerprint density at radius 2 is 2.32 bits per heavy atom. The van der Waals surface area contributed by atoms with Gasteiger partial charge in [-0.15, -0.1) is 0 Å². The number of piperidine rings is 1. The van der Waals surface area contributed by atoms with Crippen LogP contribution >= 0.6 is 11.6 Å². The van der Waals surface area contributed by atoms with Gasteiger partial charge >= 0.3 is 0 Å². The van der Waals surface area contributed by atoms with E-state index in [4.69, 9.17) is 21.6 Å². The largest absolute Gasteiger partial charge is 0.377 e. The first-order valence-corrected chi connectivity index (χ1v) is 7.17. The van der Waals surface area contributed by atoms with Crippen LogP contribution in [0.25, 0.3) is 0 Å². The van der Waals surface area contributed by atoms with Gasteiger partial charge in [-0.3, -0.25) is 0 Å². The molecule has 1 fully saturated rings. The first-order valence-electron chi connectivity index (χ1n) is 6.79. The van der Waals surface area contributed by atoms with Crippen LogP contribution in [-0.4, -0.2) is 19.2 Å². The molecule has 0 saturated carbocycles. The molecule has 1 aliphatic rings. The van der Waals surface area contributed by atoms with E-state index < -0.39 is 0 Å². The molecule has 1 aliphatic heterocycles. The third-order valence-electron chi connectivity index (χ3n) is 3.46. The Hall–Kier alpha value is -1.08. The van der Waals surface area contributed by atoms with E-state index in [0.29, 0.717) is 23.2 Å². The summed E-state index contributed by atoms with van der Waals surface area (Å²) in [7, 11) is 0. The van der Waals surface area contributed by atoms with E-state index in [2.05, 4.69) is 11.4 Å². The Balaban J connectivity index is 1.72. The minimum atomic E-state index is 0.511. The minimum Gasteiger partial charge on any atom is -0.377 e. The predicted molar refractivity (Wildman–Crippen MR) is 76.1 cm³/mol. The van der Waals surface area contributed by atoms with Gasteiger partial charge < -0.3 is 10.1 Å². The van der Waals surface area contributed by atoms with Crippen molar-refractivity contribution in [1.82, 2.24) is 5.32 Å².